The molecule has 0 heterocycles. The fourth-order valence-corrected chi connectivity index (χ4v) is 0.386. The molecule has 0 fully saturated rings. The van der Waals surface area contributed by atoms with Gasteiger partial charge in [-0.15, -0.1) is 0 Å². The molecule has 0 aromatic heterocycles. The van der Waals surface area contributed by atoms with Crippen molar-refractivity contribution in [2.45, 2.75) is 0 Å². The highest BCUT2D eigenvalue weighted by Crippen LogP contribution is 1.59. The SMILES string of the molecule is COCCNNCCO. The molecule has 0 bridgehead atoms. The van der Waals surface area contributed by atoms with Crippen LogP contribution in [0.4, 0.5) is 0 Å². The highest BCUT2D eigenvalue weighted by molar-refractivity contribution is 4.37. The van der Waals surface area contributed by atoms with E-state index in [1.165, 1.54) is 0 Å². The van der Waals surface area contributed by atoms with Gasteiger partial charge < -0.3 is 9.84 Å². The predicted octanol–water partition coefficient (Wildman–Crippen LogP) is -1.28. The summed E-state index contributed by atoms with van der Waals surface area (Å²) in [5.41, 5.74) is 5.64. The molecule has 4 nitrogen and oxygen atoms in total. The summed E-state index contributed by atoms with van der Waals surface area (Å²) in [6.45, 7) is 2.17. The average Bonchev–Trinajstić information content (AvgIpc) is 1.89. The first kappa shape index (κ1) is 8.84. The summed E-state index contributed by atoms with van der Waals surface area (Å²) in [5.74, 6) is 0. The Bertz CT molecular complexity index is 46.2. The van der Waals surface area contributed by atoms with Gasteiger partial charge in [0.1, 0.15) is 0 Å². The lowest BCUT2D eigenvalue weighted by molar-refractivity contribution is 0.192. The van der Waals surface area contributed by atoms with E-state index < -0.39 is 0 Å². The van der Waals surface area contributed by atoms with E-state index in [0.29, 0.717) is 13.2 Å². The number of methoxy groups -OCH3 is 1. The van der Waals surface area contributed by atoms with Crippen molar-refractivity contribution >= 4 is 0 Å². The molecule has 0 aliphatic rings. The van der Waals surface area contributed by atoms with E-state index in [0.717, 1.165) is 6.54 Å². The summed E-state index contributed by atoms with van der Waals surface area (Å²) in [7, 11) is 1.65. The Morgan fingerprint density at radius 3 is 2.56 bits per heavy atom. The van der Waals surface area contributed by atoms with Gasteiger partial charge in [-0.2, -0.15) is 0 Å². The van der Waals surface area contributed by atoms with Crippen LogP contribution in [-0.2, 0) is 4.74 Å². The number of hydrogen-bond acceptors (Lipinski definition) is 4. The molecular formula is C5H14N2O2. The zero-order chi connectivity index (χ0) is 6.95. The van der Waals surface area contributed by atoms with E-state index in [-0.39, 0.29) is 6.61 Å². The van der Waals surface area contributed by atoms with Crippen LogP contribution in [0.1, 0.15) is 0 Å². The molecule has 4 heteroatoms. The molecule has 0 spiro atoms. The van der Waals surface area contributed by atoms with Gasteiger partial charge >= 0.3 is 0 Å². The van der Waals surface area contributed by atoms with Crippen LogP contribution >= 0.6 is 0 Å². The molecule has 0 aromatic rings. The average molecular weight is 134 g/mol. The molecule has 0 aromatic carbocycles. The third-order valence-corrected chi connectivity index (χ3v) is 0.793. The molecule has 0 unspecified atom stereocenters. The second kappa shape index (κ2) is 7.84. The van der Waals surface area contributed by atoms with Crippen molar-refractivity contribution in [2.75, 3.05) is 33.4 Å². The Morgan fingerprint density at radius 1 is 1.33 bits per heavy atom. The van der Waals surface area contributed by atoms with Gasteiger partial charge in [-0.1, -0.05) is 0 Å². The summed E-state index contributed by atoms with van der Waals surface area (Å²) >= 11 is 0. The molecule has 3 N–H and O–H groups in total. The van der Waals surface area contributed by atoms with E-state index in [9.17, 15) is 0 Å². The van der Waals surface area contributed by atoms with Crippen LogP contribution in [-0.4, -0.2) is 38.5 Å². The number of rotatable bonds is 6. The van der Waals surface area contributed by atoms with Gasteiger partial charge in [0.2, 0.25) is 0 Å². The van der Waals surface area contributed by atoms with Crippen molar-refractivity contribution < 1.29 is 9.84 Å². The quantitative estimate of drug-likeness (QED) is 0.313. The molecule has 0 rings (SSSR count). The van der Waals surface area contributed by atoms with Gasteiger partial charge in [-0.05, 0) is 0 Å². The first-order valence-corrected chi connectivity index (χ1v) is 2.97. The largest absolute Gasteiger partial charge is 0.395 e. The van der Waals surface area contributed by atoms with Crippen molar-refractivity contribution in [3.8, 4) is 0 Å². The van der Waals surface area contributed by atoms with Gasteiger partial charge in [0.25, 0.3) is 0 Å². The molecule has 56 valence electrons. The van der Waals surface area contributed by atoms with Crippen molar-refractivity contribution in [1.29, 1.82) is 0 Å². The standard InChI is InChI=1S/C5H14N2O2/c1-9-5-3-7-6-2-4-8/h6-8H,2-5H2,1H3. The summed E-state index contributed by atoms with van der Waals surface area (Å²) < 4.78 is 4.76. The summed E-state index contributed by atoms with van der Waals surface area (Å²) in [6.07, 6.45) is 0. The van der Waals surface area contributed by atoms with Crippen molar-refractivity contribution in [3.63, 3.8) is 0 Å². The highest BCUT2D eigenvalue weighted by Gasteiger charge is 1.81. The first-order valence-electron chi connectivity index (χ1n) is 2.97. The zero-order valence-electron chi connectivity index (χ0n) is 5.68. The Labute approximate surface area is 55.2 Å². The van der Waals surface area contributed by atoms with E-state index >= 15 is 0 Å². The predicted molar refractivity (Wildman–Crippen MR) is 35.0 cm³/mol. The normalized spacial score (nSPS) is 10.0. The maximum absolute atomic E-state index is 8.29. The molecular weight excluding hydrogens is 120 g/mol. The Hall–Kier alpha value is -0.160. The Kier molecular flexibility index (Phi) is 7.70. The van der Waals surface area contributed by atoms with Crippen molar-refractivity contribution in [2.24, 2.45) is 0 Å². The maximum atomic E-state index is 8.29. The minimum Gasteiger partial charge on any atom is -0.395 e. The molecule has 0 aliphatic carbocycles. The summed E-state index contributed by atoms with van der Waals surface area (Å²) in [6, 6.07) is 0. The third-order valence-electron chi connectivity index (χ3n) is 0.793. The lowest BCUT2D eigenvalue weighted by Gasteiger charge is -2.02. The van der Waals surface area contributed by atoms with E-state index in [2.05, 4.69) is 10.9 Å². The first-order chi connectivity index (χ1) is 4.41. The summed E-state index contributed by atoms with van der Waals surface area (Å²) in [4.78, 5) is 0. The van der Waals surface area contributed by atoms with Gasteiger partial charge in [0.05, 0.1) is 13.2 Å². The van der Waals surface area contributed by atoms with Crippen LogP contribution < -0.4 is 10.9 Å². The zero-order valence-corrected chi connectivity index (χ0v) is 5.68. The number of hydrazine groups is 1. The van der Waals surface area contributed by atoms with Gasteiger partial charge in [-0.3, -0.25) is 10.9 Å². The van der Waals surface area contributed by atoms with Gasteiger partial charge in [0, 0.05) is 20.2 Å². The minimum atomic E-state index is 0.153. The monoisotopic (exact) mass is 134 g/mol. The third kappa shape index (κ3) is 7.84. The van der Waals surface area contributed by atoms with Crippen LogP contribution in [0.5, 0.6) is 0 Å². The van der Waals surface area contributed by atoms with Crippen molar-refractivity contribution in [1.82, 2.24) is 10.9 Å². The number of hydrogen-bond donors (Lipinski definition) is 3. The fourth-order valence-electron chi connectivity index (χ4n) is 0.386. The molecule has 9 heavy (non-hydrogen) atoms. The smallest absolute Gasteiger partial charge is 0.0601 e. The van der Waals surface area contributed by atoms with Crippen LogP contribution in [0.15, 0.2) is 0 Å². The fraction of sp³-hybridized carbons (Fsp3) is 1.00. The van der Waals surface area contributed by atoms with E-state index in [4.69, 9.17) is 9.84 Å². The van der Waals surface area contributed by atoms with E-state index in [1.807, 2.05) is 0 Å². The number of aliphatic hydroxyl groups is 1. The topological polar surface area (TPSA) is 53.5 Å². The molecule has 0 amide bonds. The van der Waals surface area contributed by atoms with Crippen LogP contribution in [0.25, 0.3) is 0 Å². The minimum absolute atomic E-state index is 0.153. The highest BCUT2D eigenvalue weighted by atomic mass is 16.5. The molecule has 0 saturated carbocycles. The molecule has 0 atom stereocenters. The lowest BCUT2D eigenvalue weighted by atomic mass is 10.7. The van der Waals surface area contributed by atoms with E-state index in [1.54, 1.807) is 7.11 Å². The molecule has 0 aliphatic heterocycles. The van der Waals surface area contributed by atoms with Gasteiger partial charge in [-0.25, -0.2) is 0 Å². The summed E-state index contributed by atoms with van der Waals surface area (Å²) in [5, 5.41) is 8.29. The molecule has 0 radical (unpaired) electrons. The number of ether oxygens (including phenoxy) is 1. The Morgan fingerprint density at radius 2 is 2.00 bits per heavy atom. The van der Waals surface area contributed by atoms with Crippen molar-refractivity contribution in [3.05, 3.63) is 0 Å². The van der Waals surface area contributed by atoms with Gasteiger partial charge in [0.15, 0.2) is 0 Å². The maximum Gasteiger partial charge on any atom is 0.0601 e. The van der Waals surface area contributed by atoms with Crippen LogP contribution in [0.2, 0.25) is 0 Å². The Balaban J connectivity index is 2.60. The number of aliphatic hydroxyl groups excluding tert-OH is 1. The molecule has 0 saturated heterocycles. The lowest BCUT2D eigenvalue weighted by Crippen LogP contribution is -2.36. The second-order valence-corrected chi connectivity index (χ2v) is 1.57. The second-order valence-electron chi connectivity index (χ2n) is 1.57. The number of nitrogens with one attached hydrogen (secondary N) is 2. The van der Waals surface area contributed by atoms with Crippen LogP contribution in [0, 0.1) is 0 Å². The van der Waals surface area contributed by atoms with Crippen LogP contribution in [0.3, 0.4) is 0 Å².